The van der Waals surface area contributed by atoms with Crippen LogP contribution in [0.15, 0.2) is 0 Å². The van der Waals surface area contributed by atoms with Crippen LogP contribution in [0.25, 0.3) is 0 Å². The van der Waals surface area contributed by atoms with E-state index in [2.05, 4.69) is 31.0 Å². The molecule has 0 radical (unpaired) electrons. The normalized spacial score (nSPS) is 30.6. The molecule has 0 heterocycles. The van der Waals surface area contributed by atoms with Gasteiger partial charge in [0, 0.05) is 31.2 Å². The van der Waals surface area contributed by atoms with Crippen molar-refractivity contribution >= 4 is 0 Å². The lowest BCUT2D eigenvalue weighted by atomic mass is 10.1. The molecule has 2 heteroatoms. The molecule has 2 aliphatic carbocycles. The molecule has 0 saturated heterocycles. The molecule has 0 amide bonds. The molecule has 2 aliphatic rings. The van der Waals surface area contributed by atoms with Crippen LogP contribution in [-0.4, -0.2) is 36.1 Å². The van der Waals surface area contributed by atoms with Gasteiger partial charge in [0.1, 0.15) is 0 Å². The molecule has 2 nitrogen and oxygen atoms in total. The average Bonchev–Trinajstić information content (AvgIpc) is 2.97. The Morgan fingerprint density at radius 2 is 1.94 bits per heavy atom. The van der Waals surface area contributed by atoms with Crippen LogP contribution in [0.2, 0.25) is 0 Å². The molecule has 2 saturated carbocycles. The van der Waals surface area contributed by atoms with Gasteiger partial charge in [-0.25, -0.2) is 0 Å². The molecular weight excluding hydrogens is 196 g/mol. The fourth-order valence-corrected chi connectivity index (χ4v) is 3.06. The minimum Gasteiger partial charge on any atom is -0.313 e. The molecule has 2 fully saturated rings. The lowest BCUT2D eigenvalue weighted by Gasteiger charge is -2.27. The third-order valence-electron chi connectivity index (χ3n) is 4.18. The Hall–Kier alpha value is -0.0800. The fourth-order valence-electron chi connectivity index (χ4n) is 3.06. The number of rotatable bonds is 6. The Bertz CT molecular complexity index is 209. The van der Waals surface area contributed by atoms with Crippen LogP contribution in [0.5, 0.6) is 0 Å². The van der Waals surface area contributed by atoms with Crippen molar-refractivity contribution in [3.8, 4) is 0 Å². The summed E-state index contributed by atoms with van der Waals surface area (Å²) in [7, 11) is 0. The molecule has 94 valence electrons. The van der Waals surface area contributed by atoms with Crippen LogP contribution >= 0.6 is 0 Å². The van der Waals surface area contributed by atoms with E-state index in [9.17, 15) is 0 Å². The molecule has 2 unspecified atom stereocenters. The van der Waals surface area contributed by atoms with E-state index in [1.54, 1.807) is 0 Å². The van der Waals surface area contributed by atoms with Crippen molar-refractivity contribution in [1.29, 1.82) is 0 Å². The maximum Gasteiger partial charge on any atom is 0.0113 e. The van der Waals surface area contributed by atoms with Gasteiger partial charge >= 0.3 is 0 Å². The SMILES string of the molecule is CC1CCC(NCCN(C(C)C)C2CC2)C1. The zero-order valence-corrected chi connectivity index (χ0v) is 11.2. The maximum absolute atomic E-state index is 3.74. The third-order valence-corrected chi connectivity index (χ3v) is 4.18. The van der Waals surface area contributed by atoms with Crippen LogP contribution < -0.4 is 5.32 Å². The van der Waals surface area contributed by atoms with E-state index < -0.39 is 0 Å². The van der Waals surface area contributed by atoms with E-state index in [4.69, 9.17) is 0 Å². The Kier molecular flexibility index (Phi) is 4.26. The second-order valence-corrected chi connectivity index (χ2v) is 6.13. The topological polar surface area (TPSA) is 15.3 Å². The van der Waals surface area contributed by atoms with E-state index in [0.29, 0.717) is 0 Å². The first kappa shape index (κ1) is 12.4. The highest BCUT2D eigenvalue weighted by atomic mass is 15.2. The van der Waals surface area contributed by atoms with E-state index in [0.717, 1.165) is 24.0 Å². The number of hydrogen-bond acceptors (Lipinski definition) is 2. The Morgan fingerprint density at radius 3 is 2.44 bits per heavy atom. The summed E-state index contributed by atoms with van der Waals surface area (Å²) in [6.45, 7) is 9.47. The monoisotopic (exact) mass is 224 g/mol. The predicted octanol–water partition coefficient (Wildman–Crippen LogP) is 2.64. The van der Waals surface area contributed by atoms with Gasteiger partial charge in [-0.05, 0) is 51.9 Å². The largest absolute Gasteiger partial charge is 0.313 e. The van der Waals surface area contributed by atoms with Gasteiger partial charge in [0.25, 0.3) is 0 Å². The molecule has 0 aromatic rings. The second kappa shape index (κ2) is 5.50. The maximum atomic E-state index is 3.74. The lowest BCUT2D eigenvalue weighted by Crippen LogP contribution is -2.40. The predicted molar refractivity (Wildman–Crippen MR) is 69.7 cm³/mol. The summed E-state index contributed by atoms with van der Waals surface area (Å²) in [5.74, 6) is 0.946. The van der Waals surface area contributed by atoms with Gasteiger partial charge in [-0.3, -0.25) is 4.90 Å². The van der Waals surface area contributed by atoms with Gasteiger partial charge in [-0.2, -0.15) is 0 Å². The number of hydrogen-bond donors (Lipinski definition) is 1. The third kappa shape index (κ3) is 3.46. The van der Waals surface area contributed by atoms with Crippen LogP contribution in [0, 0.1) is 5.92 Å². The van der Waals surface area contributed by atoms with Gasteiger partial charge in [0.15, 0.2) is 0 Å². The molecule has 0 spiro atoms. The van der Waals surface area contributed by atoms with Crippen LogP contribution in [-0.2, 0) is 0 Å². The van der Waals surface area contributed by atoms with E-state index in [1.165, 1.54) is 45.2 Å². The molecule has 0 aromatic heterocycles. The van der Waals surface area contributed by atoms with Crippen LogP contribution in [0.4, 0.5) is 0 Å². The van der Waals surface area contributed by atoms with Crippen molar-refractivity contribution in [2.75, 3.05) is 13.1 Å². The van der Waals surface area contributed by atoms with Crippen molar-refractivity contribution in [3.05, 3.63) is 0 Å². The van der Waals surface area contributed by atoms with Gasteiger partial charge in [-0.1, -0.05) is 6.92 Å². The van der Waals surface area contributed by atoms with Crippen LogP contribution in [0.1, 0.15) is 52.9 Å². The molecule has 2 atom stereocenters. The van der Waals surface area contributed by atoms with Crippen molar-refractivity contribution in [2.24, 2.45) is 5.92 Å². The van der Waals surface area contributed by atoms with Crippen molar-refractivity contribution in [3.63, 3.8) is 0 Å². The molecule has 16 heavy (non-hydrogen) atoms. The zero-order chi connectivity index (χ0) is 11.5. The van der Waals surface area contributed by atoms with Crippen molar-refractivity contribution < 1.29 is 0 Å². The molecule has 2 rings (SSSR count). The van der Waals surface area contributed by atoms with Crippen molar-refractivity contribution in [1.82, 2.24) is 10.2 Å². The van der Waals surface area contributed by atoms with Gasteiger partial charge in [0.05, 0.1) is 0 Å². The first-order chi connectivity index (χ1) is 7.66. The lowest BCUT2D eigenvalue weighted by molar-refractivity contribution is 0.209. The molecule has 0 aromatic carbocycles. The summed E-state index contributed by atoms with van der Waals surface area (Å²) in [5, 5.41) is 3.74. The zero-order valence-electron chi connectivity index (χ0n) is 11.2. The molecule has 0 bridgehead atoms. The summed E-state index contributed by atoms with van der Waals surface area (Å²) < 4.78 is 0. The van der Waals surface area contributed by atoms with Crippen molar-refractivity contribution in [2.45, 2.75) is 71.0 Å². The first-order valence-corrected chi connectivity index (χ1v) is 7.16. The average molecular weight is 224 g/mol. The fraction of sp³-hybridized carbons (Fsp3) is 1.00. The highest BCUT2D eigenvalue weighted by Gasteiger charge is 2.30. The summed E-state index contributed by atoms with van der Waals surface area (Å²) >= 11 is 0. The second-order valence-electron chi connectivity index (χ2n) is 6.13. The minimum atomic E-state index is 0.719. The molecule has 0 aliphatic heterocycles. The molecule has 1 N–H and O–H groups in total. The first-order valence-electron chi connectivity index (χ1n) is 7.16. The van der Waals surface area contributed by atoms with E-state index >= 15 is 0 Å². The Balaban J connectivity index is 1.62. The number of nitrogens with zero attached hydrogens (tertiary/aromatic N) is 1. The summed E-state index contributed by atoms with van der Waals surface area (Å²) in [5.41, 5.74) is 0. The quantitative estimate of drug-likeness (QED) is 0.746. The van der Waals surface area contributed by atoms with Gasteiger partial charge < -0.3 is 5.32 Å². The van der Waals surface area contributed by atoms with Gasteiger partial charge in [-0.15, -0.1) is 0 Å². The van der Waals surface area contributed by atoms with Gasteiger partial charge in [0.2, 0.25) is 0 Å². The molecular formula is C14H28N2. The minimum absolute atomic E-state index is 0.719. The van der Waals surface area contributed by atoms with E-state index in [-0.39, 0.29) is 0 Å². The Morgan fingerprint density at radius 1 is 1.19 bits per heavy atom. The standard InChI is InChI=1S/C14H28N2/c1-11(2)16(14-6-7-14)9-8-15-13-5-4-12(3)10-13/h11-15H,4-10H2,1-3H3. The Labute approximate surface area is 101 Å². The highest BCUT2D eigenvalue weighted by Crippen LogP contribution is 2.28. The van der Waals surface area contributed by atoms with Crippen LogP contribution in [0.3, 0.4) is 0 Å². The van der Waals surface area contributed by atoms with E-state index in [1.807, 2.05) is 0 Å². The summed E-state index contributed by atoms with van der Waals surface area (Å²) in [6.07, 6.45) is 7.07. The summed E-state index contributed by atoms with van der Waals surface area (Å²) in [4.78, 5) is 2.67. The number of nitrogens with one attached hydrogen (secondary N) is 1. The smallest absolute Gasteiger partial charge is 0.0113 e. The highest BCUT2D eigenvalue weighted by molar-refractivity contribution is 4.87. The summed E-state index contributed by atoms with van der Waals surface area (Å²) in [6, 6.07) is 2.43.